The average molecular weight is 308 g/mol. The molecule has 1 aromatic heterocycles. The van der Waals surface area contributed by atoms with Crippen molar-refractivity contribution < 1.29 is 14.6 Å². The predicted molar refractivity (Wildman–Crippen MR) is 74.6 cm³/mol. The lowest BCUT2D eigenvalue weighted by Gasteiger charge is -2.03. The summed E-state index contributed by atoms with van der Waals surface area (Å²) in [6.07, 6.45) is 1.55. The van der Waals surface area contributed by atoms with E-state index < -0.39 is 27.1 Å². The summed E-state index contributed by atoms with van der Waals surface area (Å²) in [5.41, 5.74) is -1.35. The molecule has 0 bridgehead atoms. The molecule has 1 heterocycles. The molecule has 0 fully saturated rings. The van der Waals surface area contributed by atoms with Crippen LogP contribution < -0.4 is 5.32 Å². The maximum Gasteiger partial charge on any atom is 0.289 e. The number of benzene rings is 1. The summed E-state index contributed by atoms with van der Waals surface area (Å²) in [7, 11) is 0. The molecule has 0 aliphatic carbocycles. The van der Waals surface area contributed by atoms with Crippen molar-refractivity contribution in [2.45, 2.75) is 6.92 Å². The Balaban J connectivity index is 2.36. The quantitative estimate of drug-likeness (QED) is 0.682. The van der Waals surface area contributed by atoms with Crippen molar-refractivity contribution in [1.82, 2.24) is 4.98 Å². The summed E-state index contributed by atoms with van der Waals surface area (Å²) in [6, 6.07) is 2.84. The standard InChI is InChI=1S/C11H8N4O5S/c1-6-5-12-11(21-6)13-10(16)8-3-2-7(14(17)18)4-9(8)15(19)20/h2-5H,1H3,(H,12,13,16). The fourth-order valence-corrected chi connectivity index (χ4v) is 2.21. The maximum atomic E-state index is 12.0. The molecule has 1 N–H and O–H groups in total. The minimum Gasteiger partial charge on any atom is -0.298 e. The molecule has 1 aromatic carbocycles. The second kappa shape index (κ2) is 5.63. The number of hydrogen-bond acceptors (Lipinski definition) is 7. The number of aromatic nitrogens is 1. The van der Waals surface area contributed by atoms with Crippen LogP contribution in [0.3, 0.4) is 0 Å². The highest BCUT2D eigenvalue weighted by atomic mass is 32.1. The Kier molecular flexibility index (Phi) is 3.89. The second-order valence-electron chi connectivity index (χ2n) is 3.95. The van der Waals surface area contributed by atoms with Crippen molar-refractivity contribution in [2.75, 3.05) is 5.32 Å². The summed E-state index contributed by atoms with van der Waals surface area (Å²) in [5, 5.41) is 24.3. The molecule has 0 atom stereocenters. The van der Waals surface area contributed by atoms with E-state index in [0.29, 0.717) is 5.13 Å². The Hall–Kier alpha value is -2.88. The fraction of sp³-hybridized carbons (Fsp3) is 0.0909. The summed E-state index contributed by atoms with van der Waals surface area (Å²) >= 11 is 1.21. The number of nitro benzene ring substituents is 2. The third-order valence-corrected chi connectivity index (χ3v) is 3.30. The van der Waals surface area contributed by atoms with E-state index in [1.54, 1.807) is 13.1 Å². The highest BCUT2D eigenvalue weighted by molar-refractivity contribution is 7.15. The van der Waals surface area contributed by atoms with Crippen molar-refractivity contribution in [3.8, 4) is 0 Å². The molecule has 9 nitrogen and oxygen atoms in total. The first kappa shape index (κ1) is 14.5. The number of rotatable bonds is 4. The van der Waals surface area contributed by atoms with E-state index in [0.717, 1.165) is 23.1 Å². The van der Waals surface area contributed by atoms with Crippen LogP contribution >= 0.6 is 11.3 Å². The molecule has 0 radical (unpaired) electrons. The van der Waals surface area contributed by atoms with Crippen LogP contribution in [0.1, 0.15) is 15.2 Å². The van der Waals surface area contributed by atoms with Gasteiger partial charge >= 0.3 is 0 Å². The van der Waals surface area contributed by atoms with Crippen molar-refractivity contribution >= 4 is 33.8 Å². The van der Waals surface area contributed by atoms with Crippen LogP contribution in [-0.4, -0.2) is 20.7 Å². The molecule has 0 saturated heterocycles. The van der Waals surface area contributed by atoms with Gasteiger partial charge in [0.1, 0.15) is 5.56 Å². The molecule has 0 saturated carbocycles. The predicted octanol–water partition coefficient (Wildman–Crippen LogP) is 2.52. The topological polar surface area (TPSA) is 128 Å². The molecular weight excluding hydrogens is 300 g/mol. The molecule has 21 heavy (non-hydrogen) atoms. The lowest BCUT2D eigenvalue weighted by molar-refractivity contribution is -0.394. The lowest BCUT2D eigenvalue weighted by atomic mass is 10.1. The summed E-state index contributed by atoms with van der Waals surface area (Å²) in [4.78, 5) is 36.8. The Bertz CT molecular complexity index is 742. The van der Waals surface area contributed by atoms with E-state index in [-0.39, 0.29) is 5.56 Å². The second-order valence-corrected chi connectivity index (χ2v) is 5.18. The van der Waals surface area contributed by atoms with E-state index in [1.165, 1.54) is 11.3 Å². The van der Waals surface area contributed by atoms with E-state index >= 15 is 0 Å². The number of nitro groups is 2. The van der Waals surface area contributed by atoms with Crippen LogP contribution in [0.5, 0.6) is 0 Å². The van der Waals surface area contributed by atoms with Crippen molar-refractivity contribution in [3.63, 3.8) is 0 Å². The number of nitrogens with one attached hydrogen (secondary N) is 1. The Morgan fingerprint density at radius 1 is 1.29 bits per heavy atom. The first-order chi connectivity index (χ1) is 9.88. The van der Waals surface area contributed by atoms with Gasteiger partial charge in [0.15, 0.2) is 5.13 Å². The first-order valence-electron chi connectivity index (χ1n) is 5.55. The van der Waals surface area contributed by atoms with Gasteiger partial charge < -0.3 is 0 Å². The van der Waals surface area contributed by atoms with Crippen LogP contribution in [0.4, 0.5) is 16.5 Å². The van der Waals surface area contributed by atoms with E-state index in [1.807, 2.05) is 0 Å². The molecule has 0 spiro atoms. The van der Waals surface area contributed by atoms with Gasteiger partial charge in [0.2, 0.25) is 0 Å². The van der Waals surface area contributed by atoms with Crippen LogP contribution in [0.2, 0.25) is 0 Å². The first-order valence-corrected chi connectivity index (χ1v) is 6.36. The van der Waals surface area contributed by atoms with Gasteiger partial charge in [-0.3, -0.25) is 30.3 Å². The minimum atomic E-state index is -0.838. The number of non-ortho nitro benzene ring substituents is 1. The van der Waals surface area contributed by atoms with Gasteiger partial charge in [-0.2, -0.15) is 0 Å². The zero-order chi connectivity index (χ0) is 15.6. The number of thiazole rings is 1. The zero-order valence-corrected chi connectivity index (χ0v) is 11.4. The van der Waals surface area contributed by atoms with Crippen LogP contribution in [0, 0.1) is 27.2 Å². The van der Waals surface area contributed by atoms with E-state index in [9.17, 15) is 25.0 Å². The summed E-state index contributed by atoms with van der Waals surface area (Å²) < 4.78 is 0. The van der Waals surface area contributed by atoms with Gasteiger partial charge in [0.05, 0.1) is 15.9 Å². The molecule has 1 amide bonds. The van der Waals surface area contributed by atoms with E-state index in [2.05, 4.69) is 10.3 Å². The minimum absolute atomic E-state index is 0.265. The molecule has 108 valence electrons. The zero-order valence-electron chi connectivity index (χ0n) is 10.6. The SMILES string of the molecule is Cc1cnc(NC(=O)c2ccc([N+](=O)[O-])cc2[N+](=O)[O-])s1. The van der Waals surface area contributed by atoms with Crippen molar-refractivity contribution in [3.05, 3.63) is 55.1 Å². The number of carbonyl (C=O) groups excluding carboxylic acids is 1. The van der Waals surface area contributed by atoms with Gasteiger partial charge in [0, 0.05) is 17.1 Å². The number of hydrogen-bond donors (Lipinski definition) is 1. The molecule has 2 aromatic rings. The molecule has 2 rings (SSSR count). The average Bonchev–Trinajstić information content (AvgIpc) is 2.83. The molecular formula is C11H8N4O5S. The third kappa shape index (κ3) is 3.17. The molecule has 0 aliphatic rings. The third-order valence-electron chi connectivity index (χ3n) is 2.48. The Morgan fingerprint density at radius 2 is 2.00 bits per heavy atom. The maximum absolute atomic E-state index is 12.0. The number of amides is 1. The van der Waals surface area contributed by atoms with Gasteiger partial charge in [-0.05, 0) is 13.0 Å². The summed E-state index contributed by atoms with van der Waals surface area (Å²) in [5.74, 6) is -0.744. The number of carbonyl (C=O) groups is 1. The van der Waals surface area contributed by atoms with Gasteiger partial charge in [-0.25, -0.2) is 4.98 Å². The highest BCUT2D eigenvalue weighted by Crippen LogP contribution is 2.26. The van der Waals surface area contributed by atoms with Gasteiger partial charge in [0.25, 0.3) is 17.3 Å². The van der Waals surface area contributed by atoms with Crippen molar-refractivity contribution in [2.24, 2.45) is 0 Å². The molecule has 0 aliphatic heterocycles. The van der Waals surface area contributed by atoms with Crippen LogP contribution in [0.15, 0.2) is 24.4 Å². The molecule has 0 unspecified atom stereocenters. The highest BCUT2D eigenvalue weighted by Gasteiger charge is 2.24. The smallest absolute Gasteiger partial charge is 0.289 e. The molecule has 10 heteroatoms. The van der Waals surface area contributed by atoms with Crippen molar-refractivity contribution in [1.29, 1.82) is 0 Å². The van der Waals surface area contributed by atoms with E-state index in [4.69, 9.17) is 0 Å². The number of aryl methyl sites for hydroxylation is 1. The van der Waals surface area contributed by atoms with Gasteiger partial charge in [-0.15, -0.1) is 11.3 Å². The number of anilines is 1. The monoisotopic (exact) mass is 308 g/mol. The van der Waals surface area contributed by atoms with Crippen LogP contribution in [0.25, 0.3) is 0 Å². The lowest BCUT2D eigenvalue weighted by Crippen LogP contribution is -2.14. The fourth-order valence-electron chi connectivity index (χ4n) is 1.55. The number of nitrogens with zero attached hydrogens (tertiary/aromatic N) is 3. The summed E-state index contributed by atoms with van der Waals surface area (Å²) in [6.45, 7) is 1.79. The normalized spacial score (nSPS) is 10.1. The van der Waals surface area contributed by atoms with Gasteiger partial charge in [-0.1, -0.05) is 0 Å². The van der Waals surface area contributed by atoms with Crippen LogP contribution in [-0.2, 0) is 0 Å². The Morgan fingerprint density at radius 3 is 2.52 bits per heavy atom. The Labute approximate surface area is 121 Å². The largest absolute Gasteiger partial charge is 0.298 e.